The van der Waals surface area contributed by atoms with E-state index in [0.717, 1.165) is 6.54 Å². The van der Waals surface area contributed by atoms with Crippen molar-refractivity contribution in [3.63, 3.8) is 0 Å². The molecule has 0 heterocycles. The molecule has 0 atom stereocenters. The van der Waals surface area contributed by atoms with Crippen LogP contribution in [0.3, 0.4) is 0 Å². The number of benzene rings is 1. The van der Waals surface area contributed by atoms with Crippen LogP contribution >= 0.6 is 23.2 Å². The fourth-order valence-electron chi connectivity index (χ4n) is 1.12. The van der Waals surface area contributed by atoms with E-state index in [0.29, 0.717) is 28.4 Å². The summed E-state index contributed by atoms with van der Waals surface area (Å²) in [5, 5.41) is 4.34. The molecule has 1 aromatic carbocycles. The van der Waals surface area contributed by atoms with E-state index < -0.39 is 0 Å². The topological polar surface area (TPSA) is 21.3 Å². The van der Waals surface area contributed by atoms with Gasteiger partial charge in [-0.15, -0.1) is 0 Å². The van der Waals surface area contributed by atoms with Gasteiger partial charge in [0.2, 0.25) is 0 Å². The predicted octanol–water partition coefficient (Wildman–Crippen LogP) is 3.37. The van der Waals surface area contributed by atoms with E-state index in [-0.39, 0.29) is 0 Å². The molecule has 1 N–H and O–H groups in total. The average molecular weight is 248 g/mol. The third kappa shape index (κ3) is 4.29. The summed E-state index contributed by atoms with van der Waals surface area (Å²) in [4.78, 5) is 0. The second-order valence-electron chi connectivity index (χ2n) is 3.51. The van der Waals surface area contributed by atoms with E-state index >= 15 is 0 Å². The van der Waals surface area contributed by atoms with Crippen LogP contribution in [0.25, 0.3) is 0 Å². The highest BCUT2D eigenvalue weighted by Gasteiger charge is 2.05. The van der Waals surface area contributed by atoms with Crippen LogP contribution in [-0.4, -0.2) is 19.2 Å². The minimum absolute atomic E-state index is 0.454. The molecule has 0 unspecified atom stereocenters. The largest absolute Gasteiger partial charge is 0.489 e. The minimum atomic E-state index is 0.454. The normalized spacial score (nSPS) is 10.7. The Morgan fingerprint density at radius 3 is 2.40 bits per heavy atom. The zero-order valence-corrected chi connectivity index (χ0v) is 10.4. The molecule has 84 valence electrons. The van der Waals surface area contributed by atoms with Gasteiger partial charge in [0, 0.05) is 12.6 Å². The van der Waals surface area contributed by atoms with Gasteiger partial charge in [-0.1, -0.05) is 43.1 Å². The van der Waals surface area contributed by atoms with Crippen molar-refractivity contribution in [3.05, 3.63) is 28.2 Å². The molecule has 2 nitrogen and oxygen atoms in total. The monoisotopic (exact) mass is 247 g/mol. The molecule has 0 aliphatic carbocycles. The average Bonchev–Trinajstić information content (AvgIpc) is 2.15. The van der Waals surface area contributed by atoms with Crippen LogP contribution < -0.4 is 10.1 Å². The van der Waals surface area contributed by atoms with E-state index in [4.69, 9.17) is 27.9 Å². The maximum absolute atomic E-state index is 5.94. The summed E-state index contributed by atoms with van der Waals surface area (Å²) in [6, 6.07) is 5.77. The number of para-hydroxylation sites is 1. The molecule has 15 heavy (non-hydrogen) atoms. The number of ether oxygens (including phenoxy) is 1. The van der Waals surface area contributed by atoms with Crippen molar-refractivity contribution in [2.24, 2.45) is 0 Å². The first-order valence-corrected chi connectivity index (χ1v) is 5.67. The standard InChI is InChI=1S/C11H15Cl2NO/c1-8(2)14-6-7-15-11-9(12)4-3-5-10(11)13/h3-5,8,14H,6-7H2,1-2H3. The Hall–Kier alpha value is -0.440. The van der Waals surface area contributed by atoms with Crippen molar-refractivity contribution in [2.45, 2.75) is 19.9 Å². The summed E-state index contributed by atoms with van der Waals surface area (Å²) in [5.74, 6) is 0.561. The second-order valence-corrected chi connectivity index (χ2v) is 4.32. The molecule has 4 heteroatoms. The quantitative estimate of drug-likeness (QED) is 0.806. The smallest absolute Gasteiger partial charge is 0.156 e. The van der Waals surface area contributed by atoms with E-state index in [9.17, 15) is 0 Å². The molecular formula is C11H15Cl2NO. The van der Waals surface area contributed by atoms with Crippen molar-refractivity contribution in [3.8, 4) is 5.75 Å². The van der Waals surface area contributed by atoms with Gasteiger partial charge in [0.25, 0.3) is 0 Å². The molecule has 0 bridgehead atoms. The van der Waals surface area contributed by atoms with Crippen molar-refractivity contribution in [1.29, 1.82) is 0 Å². The third-order valence-corrected chi connectivity index (χ3v) is 2.42. The zero-order chi connectivity index (χ0) is 11.3. The summed E-state index contributed by atoms with van der Waals surface area (Å²) >= 11 is 11.9. The molecular weight excluding hydrogens is 233 g/mol. The Kier molecular flexibility index (Phi) is 5.23. The van der Waals surface area contributed by atoms with E-state index in [2.05, 4.69) is 19.2 Å². The fourth-order valence-corrected chi connectivity index (χ4v) is 1.63. The molecule has 0 fully saturated rings. The van der Waals surface area contributed by atoms with E-state index in [1.54, 1.807) is 18.2 Å². The lowest BCUT2D eigenvalue weighted by Gasteiger charge is -2.11. The molecule has 0 radical (unpaired) electrons. The van der Waals surface area contributed by atoms with Crippen molar-refractivity contribution in [2.75, 3.05) is 13.2 Å². The first kappa shape index (κ1) is 12.6. The lowest BCUT2D eigenvalue weighted by molar-refractivity contribution is 0.309. The molecule has 0 amide bonds. The third-order valence-electron chi connectivity index (χ3n) is 1.82. The predicted molar refractivity (Wildman–Crippen MR) is 65.1 cm³/mol. The van der Waals surface area contributed by atoms with Gasteiger partial charge < -0.3 is 10.1 Å². The molecule has 0 aromatic heterocycles. The Morgan fingerprint density at radius 1 is 1.27 bits per heavy atom. The molecule has 1 aromatic rings. The summed E-state index contributed by atoms with van der Waals surface area (Å²) in [6.45, 7) is 5.51. The first-order chi connectivity index (χ1) is 7.11. The zero-order valence-electron chi connectivity index (χ0n) is 8.89. The Balaban J connectivity index is 2.43. The number of rotatable bonds is 5. The Morgan fingerprint density at radius 2 is 1.87 bits per heavy atom. The van der Waals surface area contributed by atoms with Gasteiger partial charge >= 0.3 is 0 Å². The maximum Gasteiger partial charge on any atom is 0.156 e. The van der Waals surface area contributed by atoms with Crippen LogP contribution in [0.5, 0.6) is 5.75 Å². The summed E-state index contributed by atoms with van der Waals surface area (Å²) in [5.41, 5.74) is 0. The van der Waals surface area contributed by atoms with Crippen LogP contribution in [0.15, 0.2) is 18.2 Å². The number of nitrogens with one attached hydrogen (secondary N) is 1. The number of hydrogen-bond donors (Lipinski definition) is 1. The lowest BCUT2D eigenvalue weighted by Crippen LogP contribution is -2.27. The maximum atomic E-state index is 5.94. The van der Waals surface area contributed by atoms with Crippen molar-refractivity contribution >= 4 is 23.2 Å². The molecule has 0 saturated carbocycles. The fraction of sp³-hybridized carbons (Fsp3) is 0.455. The Bertz CT molecular complexity index is 295. The molecule has 0 spiro atoms. The van der Waals surface area contributed by atoms with E-state index in [1.807, 2.05) is 0 Å². The molecule has 0 aliphatic heterocycles. The highest BCUT2D eigenvalue weighted by molar-refractivity contribution is 6.37. The van der Waals surface area contributed by atoms with Gasteiger partial charge in [0.1, 0.15) is 6.61 Å². The van der Waals surface area contributed by atoms with Gasteiger partial charge in [0.15, 0.2) is 5.75 Å². The SMILES string of the molecule is CC(C)NCCOc1c(Cl)cccc1Cl. The van der Waals surface area contributed by atoms with Gasteiger partial charge in [-0.2, -0.15) is 0 Å². The lowest BCUT2D eigenvalue weighted by atomic mass is 10.3. The highest BCUT2D eigenvalue weighted by Crippen LogP contribution is 2.32. The molecule has 1 rings (SSSR count). The summed E-state index contributed by atoms with van der Waals surface area (Å²) < 4.78 is 5.49. The van der Waals surface area contributed by atoms with Crippen LogP contribution in [0, 0.1) is 0 Å². The van der Waals surface area contributed by atoms with Gasteiger partial charge in [0.05, 0.1) is 10.0 Å². The van der Waals surface area contributed by atoms with Gasteiger partial charge in [-0.25, -0.2) is 0 Å². The number of halogens is 2. The minimum Gasteiger partial charge on any atom is -0.489 e. The van der Waals surface area contributed by atoms with Gasteiger partial charge in [-0.3, -0.25) is 0 Å². The Labute approximate surface area is 101 Å². The molecule has 0 aliphatic rings. The van der Waals surface area contributed by atoms with E-state index in [1.165, 1.54) is 0 Å². The van der Waals surface area contributed by atoms with Crippen LogP contribution in [0.4, 0.5) is 0 Å². The molecule has 0 saturated heterocycles. The van der Waals surface area contributed by atoms with Gasteiger partial charge in [-0.05, 0) is 12.1 Å². The first-order valence-electron chi connectivity index (χ1n) is 4.91. The van der Waals surface area contributed by atoms with Crippen molar-refractivity contribution < 1.29 is 4.74 Å². The van der Waals surface area contributed by atoms with Crippen LogP contribution in [0.2, 0.25) is 10.0 Å². The number of hydrogen-bond acceptors (Lipinski definition) is 2. The van der Waals surface area contributed by atoms with Crippen molar-refractivity contribution in [1.82, 2.24) is 5.32 Å². The highest BCUT2D eigenvalue weighted by atomic mass is 35.5. The summed E-state index contributed by atoms with van der Waals surface area (Å²) in [6.07, 6.45) is 0. The van der Waals surface area contributed by atoms with Crippen LogP contribution in [0.1, 0.15) is 13.8 Å². The van der Waals surface area contributed by atoms with Crippen LogP contribution in [-0.2, 0) is 0 Å². The second kappa shape index (κ2) is 6.21. The summed E-state index contributed by atoms with van der Waals surface area (Å²) in [7, 11) is 0.